The number of nitrogens with two attached hydrogens (primary N) is 1. The molecule has 5 nitrogen and oxygen atoms in total. The molecule has 0 saturated carbocycles. The van der Waals surface area contributed by atoms with E-state index < -0.39 is 6.04 Å². The van der Waals surface area contributed by atoms with E-state index in [-0.39, 0.29) is 30.3 Å². The molecule has 6 heteroatoms. The SMILES string of the molecule is CC(C)[C@H](N)C(=O)NCC(=O)N1CCc2sccc2C1C. The van der Waals surface area contributed by atoms with Crippen LogP contribution in [-0.4, -0.2) is 35.8 Å². The number of fused-ring (bicyclic) bond motifs is 1. The van der Waals surface area contributed by atoms with Gasteiger partial charge in [0.25, 0.3) is 0 Å². The predicted octanol–water partition coefficient (Wildman–Crippen LogP) is 1.29. The van der Waals surface area contributed by atoms with Gasteiger partial charge in [-0.1, -0.05) is 13.8 Å². The maximum absolute atomic E-state index is 12.3. The topological polar surface area (TPSA) is 75.4 Å². The Morgan fingerprint density at radius 3 is 2.90 bits per heavy atom. The normalized spacial score (nSPS) is 19.3. The molecule has 0 bridgehead atoms. The molecular weight excluding hydrogens is 286 g/mol. The van der Waals surface area contributed by atoms with E-state index in [1.807, 2.05) is 25.7 Å². The van der Waals surface area contributed by atoms with Gasteiger partial charge in [-0.15, -0.1) is 11.3 Å². The quantitative estimate of drug-likeness (QED) is 0.880. The number of amides is 2. The van der Waals surface area contributed by atoms with Crippen molar-refractivity contribution in [1.29, 1.82) is 0 Å². The summed E-state index contributed by atoms with van der Waals surface area (Å²) in [5.74, 6) is -0.259. The van der Waals surface area contributed by atoms with Gasteiger partial charge in [0.15, 0.2) is 0 Å². The zero-order valence-corrected chi connectivity index (χ0v) is 13.6. The van der Waals surface area contributed by atoms with Crippen molar-refractivity contribution in [3.63, 3.8) is 0 Å². The van der Waals surface area contributed by atoms with Gasteiger partial charge in [-0.3, -0.25) is 9.59 Å². The van der Waals surface area contributed by atoms with E-state index >= 15 is 0 Å². The van der Waals surface area contributed by atoms with Gasteiger partial charge in [-0.05, 0) is 36.3 Å². The average molecular weight is 309 g/mol. The molecule has 1 aromatic heterocycles. The second-order valence-electron chi connectivity index (χ2n) is 5.80. The molecule has 2 rings (SSSR count). The number of nitrogens with zero attached hydrogens (tertiary/aromatic N) is 1. The third-order valence-electron chi connectivity index (χ3n) is 4.03. The Morgan fingerprint density at radius 2 is 2.24 bits per heavy atom. The van der Waals surface area contributed by atoms with Gasteiger partial charge in [0.1, 0.15) is 0 Å². The van der Waals surface area contributed by atoms with Crippen LogP contribution in [0.4, 0.5) is 0 Å². The number of nitrogens with one attached hydrogen (secondary N) is 1. The number of hydrogen-bond donors (Lipinski definition) is 2. The summed E-state index contributed by atoms with van der Waals surface area (Å²) in [5.41, 5.74) is 6.99. The number of rotatable bonds is 4. The first kappa shape index (κ1) is 16.0. The van der Waals surface area contributed by atoms with E-state index in [4.69, 9.17) is 5.73 Å². The van der Waals surface area contributed by atoms with Crippen LogP contribution in [0, 0.1) is 5.92 Å². The molecule has 2 amide bonds. The molecule has 0 aromatic carbocycles. The van der Waals surface area contributed by atoms with E-state index in [1.165, 1.54) is 10.4 Å². The standard InChI is InChI=1S/C15H23N3O2S/c1-9(2)14(16)15(20)17-8-13(19)18-6-4-12-11(10(18)3)5-7-21-12/h5,7,9-10,14H,4,6,8,16H2,1-3H3,(H,17,20)/t10?,14-/m0/s1. The second kappa shape index (κ2) is 6.58. The highest BCUT2D eigenvalue weighted by Gasteiger charge is 2.28. The average Bonchev–Trinajstić information content (AvgIpc) is 2.93. The first-order valence-electron chi connectivity index (χ1n) is 7.30. The Bertz CT molecular complexity index is 527. The molecule has 1 aliphatic rings. The van der Waals surface area contributed by atoms with Crippen LogP contribution >= 0.6 is 11.3 Å². The van der Waals surface area contributed by atoms with E-state index in [9.17, 15) is 9.59 Å². The number of carbonyl (C=O) groups excluding carboxylic acids is 2. The molecule has 21 heavy (non-hydrogen) atoms. The summed E-state index contributed by atoms with van der Waals surface area (Å²) < 4.78 is 0. The van der Waals surface area contributed by atoms with E-state index in [2.05, 4.69) is 16.8 Å². The largest absolute Gasteiger partial charge is 0.346 e. The molecule has 0 aliphatic carbocycles. The molecule has 2 heterocycles. The molecule has 0 saturated heterocycles. The highest BCUT2D eigenvalue weighted by Crippen LogP contribution is 2.32. The van der Waals surface area contributed by atoms with Gasteiger partial charge < -0.3 is 16.0 Å². The summed E-state index contributed by atoms with van der Waals surface area (Å²) in [6.07, 6.45) is 0.891. The summed E-state index contributed by atoms with van der Waals surface area (Å²) in [4.78, 5) is 27.3. The first-order valence-corrected chi connectivity index (χ1v) is 8.18. The van der Waals surface area contributed by atoms with Crippen molar-refractivity contribution in [3.8, 4) is 0 Å². The summed E-state index contributed by atoms with van der Waals surface area (Å²) in [7, 11) is 0. The molecule has 2 atom stereocenters. The van der Waals surface area contributed by atoms with Crippen LogP contribution in [0.5, 0.6) is 0 Å². The van der Waals surface area contributed by atoms with Crippen molar-refractivity contribution in [2.45, 2.75) is 39.3 Å². The third kappa shape index (κ3) is 3.44. The van der Waals surface area contributed by atoms with Gasteiger partial charge in [-0.2, -0.15) is 0 Å². The van der Waals surface area contributed by atoms with Gasteiger partial charge >= 0.3 is 0 Å². The smallest absolute Gasteiger partial charge is 0.242 e. The molecule has 1 unspecified atom stereocenters. The van der Waals surface area contributed by atoms with Gasteiger partial charge in [0.05, 0.1) is 18.6 Å². The fourth-order valence-corrected chi connectivity index (χ4v) is 3.50. The fourth-order valence-electron chi connectivity index (χ4n) is 2.54. The Balaban J connectivity index is 1.92. The summed E-state index contributed by atoms with van der Waals surface area (Å²) in [6.45, 7) is 6.53. The molecule has 116 valence electrons. The molecule has 0 spiro atoms. The van der Waals surface area contributed by atoms with Crippen LogP contribution < -0.4 is 11.1 Å². The highest BCUT2D eigenvalue weighted by molar-refractivity contribution is 7.10. The van der Waals surface area contributed by atoms with Crippen molar-refractivity contribution in [2.75, 3.05) is 13.1 Å². The Hall–Kier alpha value is -1.40. The maximum Gasteiger partial charge on any atom is 0.242 e. The summed E-state index contributed by atoms with van der Waals surface area (Å²) in [5, 5.41) is 4.71. The van der Waals surface area contributed by atoms with Crippen LogP contribution in [0.15, 0.2) is 11.4 Å². The summed E-state index contributed by atoms with van der Waals surface area (Å²) >= 11 is 1.74. The minimum absolute atomic E-state index is 0.0169. The monoisotopic (exact) mass is 309 g/mol. The molecule has 3 N–H and O–H groups in total. The molecule has 0 fully saturated rings. The van der Waals surface area contributed by atoms with Crippen LogP contribution in [0.25, 0.3) is 0 Å². The lowest BCUT2D eigenvalue weighted by atomic mass is 10.0. The van der Waals surface area contributed by atoms with Crippen molar-refractivity contribution < 1.29 is 9.59 Å². The number of thiophene rings is 1. The van der Waals surface area contributed by atoms with Crippen LogP contribution in [0.1, 0.15) is 37.3 Å². The van der Waals surface area contributed by atoms with Crippen molar-refractivity contribution in [3.05, 3.63) is 21.9 Å². The zero-order chi connectivity index (χ0) is 15.6. The van der Waals surface area contributed by atoms with Gasteiger partial charge in [0, 0.05) is 11.4 Å². The molecule has 1 aliphatic heterocycles. The molecular formula is C15H23N3O2S. The lowest BCUT2D eigenvalue weighted by Gasteiger charge is -2.33. The van der Waals surface area contributed by atoms with E-state index in [0.717, 1.165) is 6.42 Å². The van der Waals surface area contributed by atoms with Crippen molar-refractivity contribution in [2.24, 2.45) is 11.7 Å². The van der Waals surface area contributed by atoms with Gasteiger partial charge in [-0.25, -0.2) is 0 Å². The van der Waals surface area contributed by atoms with Crippen molar-refractivity contribution in [1.82, 2.24) is 10.2 Å². The minimum Gasteiger partial charge on any atom is -0.346 e. The first-order chi connectivity index (χ1) is 9.91. The molecule has 1 aromatic rings. The fraction of sp³-hybridized carbons (Fsp3) is 0.600. The van der Waals surface area contributed by atoms with Crippen molar-refractivity contribution >= 4 is 23.2 Å². The summed E-state index contributed by atoms with van der Waals surface area (Å²) in [6, 6.07) is 1.58. The van der Waals surface area contributed by atoms with Crippen LogP contribution in [-0.2, 0) is 16.0 Å². The van der Waals surface area contributed by atoms with Crippen LogP contribution in [0.3, 0.4) is 0 Å². The molecule has 0 radical (unpaired) electrons. The Kier molecular flexibility index (Phi) is 5.00. The van der Waals surface area contributed by atoms with Gasteiger partial charge in [0.2, 0.25) is 11.8 Å². The minimum atomic E-state index is -0.569. The lowest BCUT2D eigenvalue weighted by molar-refractivity contribution is -0.135. The zero-order valence-electron chi connectivity index (χ0n) is 12.8. The predicted molar refractivity (Wildman–Crippen MR) is 84.0 cm³/mol. The van der Waals surface area contributed by atoms with E-state index in [1.54, 1.807) is 11.3 Å². The second-order valence-corrected chi connectivity index (χ2v) is 6.80. The number of hydrogen-bond acceptors (Lipinski definition) is 4. The highest BCUT2D eigenvalue weighted by atomic mass is 32.1. The lowest BCUT2D eigenvalue weighted by Crippen LogP contribution is -2.49. The third-order valence-corrected chi connectivity index (χ3v) is 5.03. The number of carbonyl (C=O) groups is 2. The van der Waals surface area contributed by atoms with E-state index in [0.29, 0.717) is 6.54 Å². The maximum atomic E-state index is 12.3. The Morgan fingerprint density at radius 1 is 1.52 bits per heavy atom. The van der Waals surface area contributed by atoms with Crippen LogP contribution in [0.2, 0.25) is 0 Å². The Labute approximate surface area is 129 Å².